The molecule has 1 amide bonds. The van der Waals surface area contributed by atoms with Crippen molar-refractivity contribution >= 4 is 28.6 Å². The van der Waals surface area contributed by atoms with Crippen molar-refractivity contribution in [2.75, 3.05) is 19.7 Å². The zero-order chi connectivity index (χ0) is 17.3. The smallest absolute Gasteiger partial charge is 0.261 e. The molecule has 2 aliphatic heterocycles. The molecule has 2 aromatic rings. The minimum absolute atomic E-state index is 0.0486. The van der Waals surface area contributed by atoms with Crippen LogP contribution in [0.1, 0.15) is 44.8 Å². The molecule has 4 heterocycles. The minimum atomic E-state index is -0.170. The van der Waals surface area contributed by atoms with E-state index in [4.69, 9.17) is 4.74 Å². The van der Waals surface area contributed by atoms with E-state index in [1.54, 1.807) is 22.7 Å². The zero-order valence-corrected chi connectivity index (χ0v) is 16.1. The highest BCUT2D eigenvalue weighted by Crippen LogP contribution is 2.43. The van der Waals surface area contributed by atoms with Gasteiger partial charge in [0.05, 0.1) is 17.1 Å². The van der Waals surface area contributed by atoms with Crippen LogP contribution in [0, 0.1) is 0 Å². The summed E-state index contributed by atoms with van der Waals surface area (Å²) in [7, 11) is 0. The topological polar surface area (TPSA) is 50.4 Å². The second-order valence-electron chi connectivity index (χ2n) is 6.95. The largest absolute Gasteiger partial charge is 0.370 e. The molecule has 6 heteroatoms. The van der Waals surface area contributed by atoms with Crippen molar-refractivity contribution < 1.29 is 9.53 Å². The van der Waals surface area contributed by atoms with E-state index in [1.807, 2.05) is 0 Å². The van der Waals surface area contributed by atoms with Gasteiger partial charge in [-0.2, -0.15) is 0 Å². The van der Waals surface area contributed by atoms with Crippen molar-refractivity contribution in [3.05, 3.63) is 43.8 Å². The fourth-order valence-corrected chi connectivity index (χ4v) is 5.82. The number of rotatable bonds is 4. The molecular formula is C19H24N2O2S2. The number of hydrogen-bond donors (Lipinski definition) is 2. The van der Waals surface area contributed by atoms with Gasteiger partial charge in [-0.1, -0.05) is 6.07 Å². The van der Waals surface area contributed by atoms with Crippen LogP contribution in [0.3, 0.4) is 0 Å². The summed E-state index contributed by atoms with van der Waals surface area (Å²) in [6.45, 7) is 4.80. The van der Waals surface area contributed by atoms with Gasteiger partial charge in [-0.05, 0) is 55.9 Å². The molecule has 2 N–H and O–H groups in total. The molecule has 0 bridgehead atoms. The van der Waals surface area contributed by atoms with Crippen LogP contribution in [0.2, 0.25) is 0 Å². The van der Waals surface area contributed by atoms with Gasteiger partial charge in [0.15, 0.2) is 0 Å². The Morgan fingerprint density at radius 2 is 2.28 bits per heavy atom. The van der Waals surface area contributed by atoms with Crippen LogP contribution in [0.15, 0.2) is 23.6 Å². The Kier molecular flexibility index (Phi) is 4.95. The monoisotopic (exact) mass is 376 g/mol. The van der Waals surface area contributed by atoms with Crippen molar-refractivity contribution in [1.82, 2.24) is 10.6 Å². The summed E-state index contributed by atoms with van der Waals surface area (Å²) in [5.41, 5.74) is 1.09. The molecule has 1 fully saturated rings. The standard InChI is InChI=1S/C19H24N2O2S2/c1-13(11-14-3-2-10-24-14)21-18(22)17-12-15-16(25-17)4-9-23-19(15)5-7-20-8-6-19/h2-3,10,12-13,20H,4-9,11H2,1H3,(H,21,22)/t13-/m1/s1. The molecule has 0 unspecified atom stereocenters. The number of nitrogens with one attached hydrogen (secondary N) is 2. The highest BCUT2D eigenvalue weighted by Gasteiger charge is 2.40. The lowest BCUT2D eigenvalue weighted by atomic mass is 9.83. The average molecular weight is 377 g/mol. The van der Waals surface area contributed by atoms with Gasteiger partial charge < -0.3 is 15.4 Å². The van der Waals surface area contributed by atoms with Crippen LogP contribution >= 0.6 is 22.7 Å². The van der Waals surface area contributed by atoms with Crippen LogP contribution in [0.5, 0.6) is 0 Å². The van der Waals surface area contributed by atoms with E-state index >= 15 is 0 Å². The number of amides is 1. The summed E-state index contributed by atoms with van der Waals surface area (Å²) in [6, 6.07) is 6.40. The normalized spacial score (nSPS) is 20.2. The van der Waals surface area contributed by atoms with Crippen LogP contribution in [-0.4, -0.2) is 31.6 Å². The molecule has 4 rings (SSSR count). The summed E-state index contributed by atoms with van der Waals surface area (Å²) in [4.78, 5) is 16.2. The first-order chi connectivity index (χ1) is 12.2. The molecule has 1 spiro atoms. The van der Waals surface area contributed by atoms with E-state index < -0.39 is 0 Å². The van der Waals surface area contributed by atoms with Crippen molar-refractivity contribution in [3.63, 3.8) is 0 Å². The second-order valence-corrected chi connectivity index (χ2v) is 9.12. The van der Waals surface area contributed by atoms with Crippen molar-refractivity contribution in [3.8, 4) is 0 Å². The number of carbonyl (C=O) groups excluding carboxylic acids is 1. The molecule has 0 aliphatic carbocycles. The van der Waals surface area contributed by atoms with Crippen molar-refractivity contribution in [1.29, 1.82) is 0 Å². The van der Waals surface area contributed by atoms with Gasteiger partial charge in [-0.25, -0.2) is 0 Å². The number of ether oxygens (including phenoxy) is 1. The molecular weight excluding hydrogens is 352 g/mol. The number of hydrogen-bond acceptors (Lipinski definition) is 5. The van der Waals surface area contributed by atoms with Gasteiger partial charge in [0.25, 0.3) is 5.91 Å². The minimum Gasteiger partial charge on any atom is -0.370 e. The van der Waals surface area contributed by atoms with Gasteiger partial charge in [0.1, 0.15) is 0 Å². The lowest BCUT2D eigenvalue weighted by Crippen LogP contribution is -2.44. The van der Waals surface area contributed by atoms with Gasteiger partial charge in [-0.3, -0.25) is 4.79 Å². The Bertz CT molecular complexity index is 733. The molecule has 25 heavy (non-hydrogen) atoms. The van der Waals surface area contributed by atoms with Gasteiger partial charge in [0, 0.05) is 28.6 Å². The summed E-state index contributed by atoms with van der Waals surface area (Å²) in [5.74, 6) is 0.0486. The molecule has 4 nitrogen and oxygen atoms in total. The first kappa shape index (κ1) is 17.2. The third-order valence-electron chi connectivity index (χ3n) is 5.11. The fourth-order valence-electron chi connectivity index (χ4n) is 3.85. The third kappa shape index (κ3) is 3.53. The highest BCUT2D eigenvalue weighted by molar-refractivity contribution is 7.14. The molecule has 1 atom stereocenters. The lowest BCUT2D eigenvalue weighted by molar-refractivity contribution is -0.0792. The molecule has 2 aromatic heterocycles. The highest BCUT2D eigenvalue weighted by atomic mass is 32.1. The van der Waals surface area contributed by atoms with E-state index in [2.05, 4.69) is 41.1 Å². The SMILES string of the molecule is C[C@H](Cc1cccs1)NC(=O)c1cc2c(s1)CCOC21CCNCC1. The summed E-state index contributed by atoms with van der Waals surface area (Å²) >= 11 is 3.39. The van der Waals surface area contributed by atoms with E-state index in [-0.39, 0.29) is 17.6 Å². The maximum Gasteiger partial charge on any atom is 0.261 e. The average Bonchev–Trinajstić information content (AvgIpc) is 3.26. The van der Waals surface area contributed by atoms with Crippen molar-refractivity contribution in [2.45, 2.75) is 44.2 Å². The molecule has 134 valence electrons. The number of thiophene rings is 2. The number of fused-ring (bicyclic) bond motifs is 2. The fraction of sp³-hybridized carbons (Fsp3) is 0.526. The Labute approximate surface area is 156 Å². The Balaban J connectivity index is 1.49. The van der Waals surface area contributed by atoms with Crippen LogP contribution < -0.4 is 10.6 Å². The molecule has 0 aromatic carbocycles. The third-order valence-corrected chi connectivity index (χ3v) is 7.20. The predicted octanol–water partition coefficient (Wildman–Crippen LogP) is 3.32. The van der Waals surface area contributed by atoms with E-state index in [9.17, 15) is 4.79 Å². The Morgan fingerprint density at radius 3 is 3.04 bits per heavy atom. The van der Waals surface area contributed by atoms with Gasteiger partial charge >= 0.3 is 0 Å². The van der Waals surface area contributed by atoms with E-state index in [0.29, 0.717) is 0 Å². The summed E-state index contributed by atoms with van der Waals surface area (Å²) < 4.78 is 6.21. The predicted molar refractivity (Wildman–Crippen MR) is 103 cm³/mol. The van der Waals surface area contributed by atoms with Crippen LogP contribution in [0.4, 0.5) is 0 Å². The quantitative estimate of drug-likeness (QED) is 0.861. The van der Waals surface area contributed by atoms with E-state index in [1.165, 1.54) is 15.3 Å². The number of carbonyl (C=O) groups is 1. The molecule has 0 radical (unpaired) electrons. The number of piperidine rings is 1. The first-order valence-corrected chi connectivity index (χ1v) is 10.7. The molecule has 1 saturated heterocycles. The Morgan fingerprint density at radius 1 is 1.44 bits per heavy atom. The first-order valence-electron chi connectivity index (χ1n) is 8.97. The zero-order valence-electron chi connectivity index (χ0n) is 14.5. The van der Waals surface area contributed by atoms with E-state index in [0.717, 1.165) is 50.3 Å². The second kappa shape index (κ2) is 7.19. The van der Waals surface area contributed by atoms with Crippen molar-refractivity contribution in [2.24, 2.45) is 0 Å². The Hall–Kier alpha value is -1.21. The maximum atomic E-state index is 12.7. The van der Waals surface area contributed by atoms with Crippen LogP contribution in [-0.2, 0) is 23.2 Å². The summed E-state index contributed by atoms with van der Waals surface area (Å²) in [6.07, 6.45) is 3.79. The molecule has 2 aliphatic rings. The van der Waals surface area contributed by atoms with Gasteiger partial charge in [-0.15, -0.1) is 22.7 Å². The lowest BCUT2D eigenvalue weighted by Gasteiger charge is -2.40. The maximum absolute atomic E-state index is 12.7. The van der Waals surface area contributed by atoms with Gasteiger partial charge in [0.2, 0.25) is 0 Å². The summed E-state index contributed by atoms with van der Waals surface area (Å²) in [5, 5.41) is 8.65. The van der Waals surface area contributed by atoms with Crippen LogP contribution in [0.25, 0.3) is 0 Å². The molecule has 0 saturated carbocycles.